The summed E-state index contributed by atoms with van der Waals surface area (Å²) in [5.41, 5.74) is 0. The van der Waals surface area contributed by atoms with Gasteiger partial charge in [-0.1, -0.05) is 25.7 Å². The summed E-state index contributed by atoms with van der Waals surface area (Å²) in [6, 6.07) is 0. The van der Waals surface area contributed by atoms with Gasteiger partial charge in [-0.25, -0.2) is 12.8 Å². The number of rotatable bonds is 4. The van der Waals surface area contributed by atoms with E-state index in [0.717, 1.165) is 13.1 Å². The van der Waals surface area contributed by atoms with E-state index in [9.17, 15) is 0 Å². The summed E-state index contributed by atoms with van der Waals surface area (Å²) in [5, 5.41) is 0. The number of hydrogen-bond donors (Lipinski definition) is 0. The summed E-state index contributed by atoms with van der Waals surface area (Å²) >= 11 is 0. The number of hydrogen-bond acceptors (Lipinski definition) is 2. The summed E-state index contributed by atoms with van der Waals surface area (Å²) in [6.07, 6.45) is 38.3. The van der Waals surface area contributed by atoms with Crippen molar-refractivity contribution in [3.05, 3.63) is 127 Å². The van der Waals surface area contributed by atoms with Crippen LogP contribution in [-0.4, -0.2) is 51.1 Å². The molecule has 0 N–H and O–H groups in total. The van der Waals surface area contributed by atoms with Crippen molar-refractivity contribution in [1.29, 1.82) is 0 Å². The molecule has 0 bridgehead atoms. The van der Waals surface area contributed by atoms with Gasteiger partial charge in [0, 0.05) is 0 Å². The molecule has 0 aromatic carbocycles. The molecular formula is C26H32Fe2HgN2+4. The normalized spacial score (nSPS) is 20.3. The van der Waals surface area contributed by atoms with Crippen molar-refractivity contribution in [2.45, 2.75) is 0 Å². The van der Waals surface area contributed by atoms with E-state index >= 15 is 0 Å². The third-order valence-electron chi connectivity index (χ3n) is 3.41. The van der Waals surface area contributed by atoms with E-state index in [4.69, 9.17) is 0 Å². The largest absolute Gasteiger partial charge is 2.00 e. The molecule has 4 fully saturated rings. The van der Waals surface area contributed by atoms with Crippen LogP contribution in [0.1, 0.15) is 0 Å². The van der Waals surface area contributed by atoms with Crippen LogP contribution in [0, 0.1) is 127 Å². The SMILES string of the molecule is CN(C)C[C]1[C-][CH][CH][CH]1.CN(C)C[C]1[C-][CH][CH][CH]1.[CH]1[CH][CH][CH][CH]1.[CH]1[CH][CH][CH][CH]1.[Fe+2].[Fe+2].[Hg+2]. The molecule has 4 aliphatic rings. The van der Waals surface area contributed by atoms with Gasteiger partial charge in [0.25, 0.3) is 0 Å². The van der Waals surface area contributed by atoms with Gasteiger partial charge in [0.15, 0.2) is 0 Å². The summed E-state index contributed by atoms with van der Waals surface area (Å²) in [7, 11) is 8.23. The van der Waals surface area contributed by atoms with Gasteiger partial charge in [0.05, 0.1) is 0 Å². The third kappa shape index (κ3) is 24.8. The van der Waals surface area contributed by atoms with Gasteiger partial charge in [0.2, 0.25) is 0 Å². The van der Waals surface area contributed by atoms with Gasteiger partial charge in [0.1, 0.15) is 0 Å². The maximum Gasteiger partial charge on any atom is 2.00 e. The average molecular weight is 685 g/mol. The van der Waals surface area contributed by atoms with E-state index in [1.54, 1.807) is 0 Å². The standard InChI is InChI=1S/2C8H11N.2C5H5.2Fe.Hg/c2*1-9(2)7-8-5-3-4-6-8;2*1-2-4-5-3-1;;;/h2*3-5H,7H2,1-2H3;2*1-5H;;;/q2*-1;;;3*+2. The monoisotopic (exact) mass is 686 g/mol. The summed E-state index contributed by atoms with van der Waals surface area (Å²) in [6.45, 7) is 1.99. The molecule has 0 aromatic rings. The van der Waals surface area contributed by atoms with Crippen molar-refractivity contribution in [2.75, 3.05) is 41.3 Å². The molecule has 0 unspecified atom stereocenters. The molecule has 0 spiro atoms. The number of nitrogens with zero attached hydrogens (tertiary/aromatic N) is 2. The van der Waals surface area contributed by atoms with Crippen LogP contribution in [0.4, 0.5) is 0 Å². The second-order valence-electron chi connectivity index (χ2n) is 6.79. The molecule has 0 aliphatic heterocycles. The van der Waals surface area contributed by atoms with Crippen molar-refractivity contribution in [3.8, 4) is 0 Å². The van der Waals surface area contributed by atoms with Crippen LogP contribution >= 0.6 is 0 Å². The van der Waals surface area contributed by atoms with Crippen molar-refractivity contribution >= 4 is 0 Å². The first-order valence-corrected chi connectivity index (χ1v) is 9.45. The van der Waals surface area contributed by atoms with Gasteiger partial charge >= 0.3 is 61.8 Å². The van der Waals surface area contributed by atoms with Crippen LogP contribution in [0.3, 0.4) is 0 Å². The molecule has 160 valence electrons. The van der Waals surface area contributed by atoms with E-state index < -0.39 is 0 Å². The first-order valence-electron chi connectivity index (χ1n) is 9.45. The minimum atomic E-state index is 0. The van der Waals surface area contributed by atoms with Gasteiger partial charge in [-0.3, -0.25) is 0 Å². The van der Waals surface area contributed by atoms with Gasteiger partial charge in [-0.15, -0.1) is 0 Å². The Labute approximate surface area is 238 Å². The van der Waals surface area contributed by atoms with Gasteiger partial charge in [-0.2, -0.15) is 11.8 Å². The van der Waals surface area contributed by atoms with E-state index in [2.05, 4.69) is 63.7 Å². The van der Waals surface area contributed by atoms with Crippen LogP contribution in [0.2, 0.25) is 0 Å². The smallest absolute Gasteiger partial charge is 0.469 e. The van der Waals surface area contributed by atoms with E-state index in [0.29, 0.717) is 0 Å². The molecule has 0 heterocycles. The molecule has 31 heavy (non-hydrogen) atoms. The van der Waals surface area contributed by atoms with Gasteiger partial charge in [-0.05, 0) is 105 Å². The minimum absolute atomic E-state index is 0. The fourth-order valence-electron chi connectivity index (χ4n) is 2.25. The minimum Gasteiger partial charge on any atom is -0.469 e. The predicted octanol–water partition coefficient (Wildman–Crippen LogP) is 3.70. The second kappa shape index (κ2) is 26.5. The zero-order valence-corrected chi connectivity index (χ0v) is 26.7. The van der Waals surface area contributed by atoms with E-state index in [1.807, 2.05) is 89.9 Å². The van der Waals surface area contributed by atoms with E-state index in [1.165, 1.54) is 11.8 Å². The Balaban J connectivity index is -0.000000337. The second-order valence-corrected chi connectivity index (χ2v) is 6.79. The maximum absolute atomic E-state index is 3.13. The van der Waals surface area contributed by atoms with Crippen LogP contribution in [0.25, 0.3) is 0 Å². The first-order chi connectivity index (χ1) is 13.6. The van der Waals surface area contributed by atoms with Crippen LogP contribution in [-0.2, 0) is 61.8 Å². The van der Waals surface area contributed by atoms with Crippen molar-refractivity contribution < 1.29 is 61.8 Å². The molecule has 4 rings (SSSR count). The fourth-order valence-corrected chi connectivity index (χ4v) is 2.25. The average Bonchev–Trinajstić information content (AvgIpc) is 3.43. The topological polar surface area (TPSA) is 6.48 Å². The summed E-state index contributed by atoms with van der Waals surface area (Å²) < 4.78 is 0. The molecule has 4 saturated carbocycles. The van der Waals surface area contributed by atoms with Crippen LogP contribution < -0.4 is 0 Å². The van der Waals surface area contributed by atoms with E-state index in [-0.39, 0.29) is 61.8 Å². The van der Waals surface area contributed by atoms with Gasteiger partial charge < -0.3 is 22.6 Å². The predicted molar refractivity (Wildman–Crippen MR) is 119 cm³/mol. The Kier molecular flexibility index (Phi) is 32.0. The molecule has 20 radical (unpaired) electrons. The Bertz CT molecular complexity index is 276. The third-order valence-corrected chi connectivity index (χ3v) is 3.41. The Morgan fingerprint density at radius 1 is 0.516 bits per heavy atom. The maximum atomic E-state index is 3.13. The van der Waals surface area contributed by atoms with Crippen molar-refractivity contribution in [1.82, 2.24) is 9.80 Å². The Morgan fingerprint density at radius 3 is 0.935 bits per heavy atom. The quantitative estimate of drug-likeness (QED) is 0.330. The molecule has 0 amide bonds. The molecule has 2 nitrogen and oxygen atoms in total. The van der Waals surface area contributed by atoms with Crippen molar-refractivity contribution in [2.24, 2.45) is 0 Å². The fraction of sp³-hybridized carbons (Fsp3) is 0.231. The molecule has 0 aromatic heterocycles. The van der Waals surface area contributed by atoms with Crippen LogP contribution in [0.5, 0.6) is 0 Å². The molecule has 4 aliphatic carbocycles. The molecule has 0 saturated heterocycles. The molecule has 0 atom stereocenters. The summed E-state index contributed by atoms with van der Waals surface area (Å²) in [5.74, 6) is 2.53. The Morgan fingerprint density at radius 2 is 0.774 bits per heavy atom. The summed E-state index contributed by atoms with van der Waals surface area (Å²) in [4.78, 5) is 4.26. The zero-order chi connectivity index (χ0) is 20.5. The zero-order valence-electron chi connectivity index (χ0n) is 19.0. The first kappa shape index (κ1) is 37.4. The molecule has 5 heteroatoms. The van der Waals surface area contributed by atoms with Crippen LogP contribution in [0.15, 0.2) is 0 Å². The molecular weight excluding hydrogens is 653 g/mol. The Hall–Kier alpha value is 1.89. The van der Waals surface area contributed by atoms with Crippen molar-refractivity contribution in [3.63, 3.8) is 0 Å².